The first kappa shape index (κ1) is 11.1. The van der Waals surface area contributed by atoms with Crippen molar-refractivity contribution in [2.45, 2.75) is 6.92 Å². The monoisotopic (exact) mass is 230 g/mol. The zero-order valence-electron chi connectivity index (χ0n) is 9.12. The van der Waals surface area contributed by atoms with E-state index in [1.54, 1.807) is 24.5 Å². The molecule has 86 valence electrons. The second kappa shape index (κ2) is 4.61. The highest BCUT2D eigenvalue weighted by Gasteiger charge is 2.05. The van der Waals surface area contributed by atoms with Crippen LogP contribution in [0.15, 0.2) is 36.7 Å². The van der Waals surface area contributed by atoms with E-state index in [4.69, 9.17) is 9.84 Å². The minimum atomic E-state index is -1.000. The Balaban J connectivity index is 2.21. The van der Waals surface area contributed by atoms with E-state index in [2.05, 4.69) is 9.97 Å². The molecule has 2 aromatic rings. The largest absolute Gasteiger partial charge is 0.478 e. The molecule has 0 aliphatic heterocycles. The lowest BCUT2D eigenvalue weighted by atomic mass is 10.2. The van der Waals surface area contributed by atoms with E-state index >= 15 is 0 Å². The zero-order chi connectivity index (χ0) is 12.3. The Hall–Kier alpha value is -2.43. The molecule has 1 aromatic heterocycles. The van der Waals surface area contributed by atoms with Crippen LogP contribution in [0.4, 0.5) is 0 Å². The highest BCUT2D eigenvalue weighted by molar-refractivity contribution is 5.88. The van der Waals surface area contributed by atoms with Gasteiger partial charge in [0.25, 0.3) is 0 Å². The third-order valence-corrected chi connectivity index (χ3v) is 2.05. The van der Waals surface area contributed by atoms with E-state index in [1.807, 2.05) is 6.92 Å². The van der Waals surface area contributed by atoms with Crippen molar-refractivity contribution in [1.82, 2.24) is 9.97 Å². The van der Waals surface area contributed by atoms with Crippen LogP contribution in [0.25, 0.3) is 0 Å². The van der Waals surface area contributed by atoms with Gasteiger partial charge in [-0.1, -0.05) is 6.07 Å². The van der Waals surface area contributed by atoms with Crippen molar-refractivity contribution < 1.29 is 14.6 Å². The normalized spacial score (nSPS) is 9.94. The number of carboxylic acid groups (broad SMARTS) is 1. The molecule has 5 heteroatoms. The first-order valence-electron chi connectivity index (χ1n) is 4.95. The van der Waals surface area contributed by atoms with Crippen molar-refractivity contribution in [3.05, 3.63) is 47.8 Å². The third-order valence-electron chi connectivity index (χ3n) is 2.05. The zero-order valence-corrected chi connectivity index (χ0v) is 9.12. The second-order valence-electron chi connectivity index (χ2n) is 3.48. The Kier molecular flexibility index (Phi) is 3.00. The van der Waals surface area contributed by atoms with Gasteiger partial charge < -0.3 is 9.84 Å². The molecule has 0 unspecified atom stereocenters. The number of rotatable bonds is 3. The summed E-state index contributed by atoms with van der Waals surface area (Å²) in [5.74, 6) is -0.603. The van der Waals surface area contributed by atoms with Gasteiger partial charge in [-0.2, -0.15) is 0 Å². The van der Waals surface area contributed by atoms with Crippen LogP contribution in [0.5, 0.6) is 11.8 Å². The summed E-state index contributed by atoms with van der Waals surface area (Å²) < 4.78 is 5.34. The van der Waals surface area contributed by atoms with Crippen LogP contribution in [0.1, 0.15) is 15.9 Å². The van der Waals surface area contributed by atoms with E-state index < -0.39 is 5.97 Å². The maximum absolute atomic E-state index is 10.8. The van der Waals surface area contributed by atoms with Gasteiger partial charge in [0.05, 0.1) is 5.56 Å². The summed E-state index contributed by atoms with van der Waals surface area (Å²) in [5, 5.41) is 8.82. The second-order valence-corrected chi connectivity index (χ2v) is 3.48. The Bertz CT molecular complexity index is 538. The van der Waals surface area contributed by atoms with Gasteiger partial charge in [-0.15, -0.1) is 0 Å². The number of benzene rings is 1. The number of hydrogen-bond donors (Lipinski definition) is 1. The molecule has 1 aromatic carbocycles. The lowest BCUT2D eigenvalue weighted by Gasteiger charge is -2.04. The number of carboxylic acids is 1. The summed E-state index contributed by atoms with van der Waals surface area (Å²) in [6.45, 7) is 1.87. The molecule has 0 radical (unpaired) electrons. The molecule has 2 rings (SSSR count). The fourth-order valence-electron chi connectivity index (χ4n) is 1.23. The molecule has 0 spiro atoms. The van der Waals surface area contributed by atoms with Crippen molar-refractivity contribution in [2.24, 2.45) is 0 Å². The molecular weight excluding hydrogens is 220 g/mol. The van der Waals surface area contributed by atoms with Gasteiger partial charge in [-0.05, 0) is 30.7 Å². The average molecular weight is 230 g/mol. The van der Waals surface area contributed by atoms with E-state index in [0.717, 1.165) is 5.56 Å². The number of hydrogen-bond acceptors (Lipinski definition) is 4. The maximum Gasteiger partial charge on any atom is 0.335 e. The predicted octanol–water partition coefficient (Wildman–Crippen LogP) is 2.28. The quantitative estimate of drug-likeness (QED) is 0.875. The van der Waals surface area contributed by atoms with Gasteiger partial charge in [0.1, 0.15) is 5.75 Å². The first-order valence-corrected chi connectivity index (χ1v) is 4.95. The average Bonchev–Trinajstić information content (AvgIpc) is 2.32. The Morgan fingerprint density at radius 2 is 2.00 bits per heavy atom. The molecule has 17 heavy (non-hydrogen) atoms. The molecule has 0 aliphatic carbocycles. The Morgan fingerprint density at radius 3 is 2.65 bits per heavy atom. The van der Waals surface area contributed by atoms with Crippen LogP contribution < -0.4 is 4.74 Å². The summed E-state index contributed by atoms with van der Waals surface area (Å²) in [7, 11) is 0. The summed E-state index contributed by atoms with van der Waals surface area (Å²) in [4.78, 5) is 18.7. The molecule has 1 N–H and O–H groups in total. The van der Waals surface area contributed by atoms with Crippen molar-refractivity contribution in [1.29, 1.82) is 0 Å². The third kappa shape index (κ3) is 2.78. The minimum Gasteiger partial charge on any atom is -0.478 e. The maximum atomic E-state index is 10.8. The number of nitrogens with zero attached hydrogens (tertiary/aromatic N) is 2. The Labute approximate surface area is 97.7 Å². The Morgan fingerprint density at radius 1 is 1.29 bits per heavy atom. The molecule has 0 fully saturated rings. The van der Waals surface area contributed by atoms with E-state index in [0.29, 0.717) is 5.75 Å². The summed E-state index contributed by atoms with van der Waals surface area (Å²) in [6.07, 6.45) is 3.26. The molecule has 0 bridgehead atoms. The highest BCUT2D eigenvalue weighted by atomic mass is 16.5. The van der Waals surface area contributed by atoms with Gasteiger partial charge >= 0.3 is 12.0 Å². The molecule has 0 aliphatic rings. The highest BCUT2D eigenvalue weighted by Crippen LogP contribution is 2.18. The molecule has 0 amide bonds. The van der Waals surface area contributed by atoms with E-state index in [-0.39, 0.29) is 11.6 Å². The molecule has 5 nitrogen and oxygen atoms in total. The number of aryl methyl sites for hydroxylation is 1. The number of carbonyl (C=O) groups is 1. The van der Waals surface area contributed by atoms with Gasteiger partial charge in [0.15, 0.2) is 0 Å². The van der Waals surface area contributed by atoms with Crippen LogP contribution in [0.2, 0.25) is 0 Å². The van der Waals surface area contributed by atoms with Gasteiger partial charge in [-0.25, -0.2) is 14.8 Å². The molecule has 1 heterocycles. The van der Waals surface area contributed by atoms with Crippen molar-refractivity contribution in [3.8, 4) is 11.8 Å². The molecular formula is C12H10N2O3. The fraction of sp³-hybridized carbons (Fsp3) is 0.0833. The lowest BCUT2D eigenvalue weighted by molar-refractivity contribution is 0.0696. The molecule has 0 atom stereocenters. The number of ether oxygens (including phenoxy) is 1. The van der Waals surface area contributed by atoms with Gasteiger partial charge in [-0.3, -0.25) is 0 Å². The van der Waals surface area contributed by atoms with Crippen molar-refractivity contribution in [3.63, 3.8) is 0 Å². The number of aromatic carboxylic acids is 1. The minimum absolute atomic E-state index is 0.162. The van der Waals surface area contributed by atoms with E-state index in [9.17, 15) is 4.79 Å². The van der Waals surface area contributed by atoms with Gasteiger partial charge in [0, 0.05) is 12.4 Å². The summed E-state index contributed by atoms with van der Waals surface area (Å²) in [6, 6.07) is 6.36. The van der Waals surface area contributed by atoms with E-state index in [1.165, 1.54) is 12.1 Å². The van der Waals surface area contributed by atoms with Crippen LogP contribution in [0, 0.1) is 6.92 Å². The first-order chi connectivity index (χ1) is 8.15. The predicted molar refractivity (Wildman–Crippen MR) is 60.2 cm³/mol. The standard InChI is InChI=1S/C12H10N2O3/c1-8-6-13-12(14-7-8)17-10-4-2-3-9(5-10)11(15)16/h2-7H,1H3,(H,15,16). The van der Waals surface area contributed by atoms with Crippen LogP contribution in [-0.2, 0) is 0 Å². The van der Waals surface area contributed by atoms with Crippen LogP contribution in [0.3, 0.4) is 0 Å². The molecule has 0 saturated heterocycles. The van der Waals surface area contributed by atoms with Crippen LogP contribution in [-0.4, -0.2) is 21.0 Å². The topological polar surface area (TPSA) is 72.3 Å². The van der Waals surface area contributed by atoms with Gasteiger partial charge in [0.2, 0.25) is 0 Å². The summed E-state index contributed by atoms with van der Waals surface area (Å²) >= 11 is 0. The lowest BCUT2D eigenvalue weighted by Crippen LogP contribution is -1.97. The summed E-state index contributed by atoms with van der Waals surface area (Å²) in [5.41, 5.74) is 1.09. The fourth-order valence-corrected chi connectivity index (χ4v) is 1.23. The smallest absolute Gasteiger partial charge is 0.335 e. The van der Waals surface area contributed by atoms with Crippen molar-refractivity contribution >= 4 is 5.97 Å². The number of aromatic nitrogens is 2. The SMILES string of the molecule is Cc1cnc(Oc2cccc(C(=O)O)c2)nc1. The van der Waals surface area contributed by atoms with Crippen molar-refractivity contribution in [2.75, 3.05) is 0 Å². The molecule has 0 saturated carbocycles. The van der Waals surface area contributed by atoms with Crippen LogP contribution >= 0.6 is 0 Å².